The van der Waals surface area contributed by atoms with Gasteiger partial charge < -0.3 is 35.7 Å². The van der Waals surface area contributed by atoms with Crippen molar-refractivity contribution in [3.05, 3.63) is 22.3 Å². The minimum atomic E-state index is -3.57. The van der Waals surface area contributed by atoms with E-state index in [2.05, 4.69) is 20.3 Å². The molecule has 0 radical (unpaired) electrons. The van der Waals surface area contributed by atoms with E-state index in [0.717, 1.165) is 21.1 Å². The molecule has 5 heterocycles. The van der Waals surface area contributed by atoms with Gasteiger partial charge in [0.2, 0.25) is 5.91 Å². The molecule has 4 aliphatic heterocycles. The van der Waals surface area contributed by atoms with E-state index < -0.39 is 73.0 Å². The molecule has 3 fully saturated rings. The summed E-state index contributed by atoms with van der Waals surface area (Å²) in [4.78, 5) is 80.9. The number of carbonyl (C=O) groups is 6. The van der Waals surface area contributed by atoms with Crippen molar-refractivity contribution in [3.63, 3.8) is 0 Å². The number of thioether (sulfide) groups is 1. The van der Waals surface area contributed by atoms with Crippen LogP contribution in [-0.4, -0.2) is 122 Å². The Kier molecular flexibility index (Phi) is 9.18. The number of amides is 3. The second-order valence-corrected chi connectivity index (χ2v) is 15.1. The van der Waals surface area contributed by atoms with Crippen molar-refractivity contribution in [2.75, 3.05) is 25.2 Å². The van der Waals surface area contributed by atoms with E-state index >= 15 is 0 Å². The number of thiazole rings is 1. The zero-order valence-corrected chi connectivity index (χ0v) is 26.5. The average molecular weight is 689 g/mol. The van der Waals surface area contributed by atoms with Crippen LogP contribution < -0.4 is 11.1 Å². The lowest BCUT2D eigenvalue weighted by molar-refractivity contribution is -0.157. The normalized spacial score (nSPS) is 25.9. The van der Waals surface area contributed by atoms with Crippen LogP contribution >= 0.6 is 23.1 Å². The van der Waals surface area contributed by atoms with Gasteiger partial charge in [0.25, 0.3) is 11.8 Å². The molecule has 4 aliphatic rings. The zero-order valence-electron chi connectivity index (χ0n) is 24.1. The average Bonchev–Trinajstić information content (AvgIpc) is 3.43. The molecule has 5 rings (SSSR count). The number of nitrogens with one attached hydrogen (secondary N) is 1. The lowest BCUT2D eigenvalue weighted by Crippen LogP contribution is -2.71. The molecule has 0 unspecified atom stereocenters. The molecule has 0 saturated carbocycles. The van der Waals surface area contributed by atoms with Crippen molar-refractivity contribution >= 4 is 79.4 Å². The number of rotatable bonds is 8. The molecule has 21 heteroatoms. The third-order valence-corrected chi connectivity index (χ3v) is 12.2. The van der Waals surface area contributed by atoms with E-state index in [1.165, 1.54) is 45.0 Å². The highest BCUT2D eigenvalue weighted by atomic mass is 32.2. The number of nitrogens with zero attached hydrogens (tertiary/aromatic N) is 4. The molecule has 5 N–H and O–H groups in total. The van der Waals surface area contributed by atoms with Gasteiger partial charge in [0, 0.05) is 23.6 Å². The molecule has 18 nitrogen and oxygen atoms in total. The minimum absolute atomic E-state index is 0.0878. The van der Waals surface area contributed by atoms with Crippen molar-refractivity contribution in [2.45, 2.75) is 54.8 Å². The zero-order chi connectivity index (χ0) is 33.6. The largest absolute Gasteiger partial charge is 0.480 e. The Morgan fingerprint density at radius 2 is 1.91 bits per heavy atom. The summed E-state index contributed by atoms with van der Waals surface area (Å²) < 4.78 is 27.2. The number of nitrogens with two attached hydrogens (primary N) is 1. The van der Waals surface area contributed by atoms with Crippen LogP contribution in [0, 0.1) is 0 Å². The van der Waals surface area contributed by atoms with E-state index in [4.69, 9.17) is 15.6 Å². The number of hydrogen-bond acceptors (Lipinski definition) is 15. The van der Waals surface area contributed by atoms with E-state index in [1.807, 2.05) is 0 Å². The molecule has 244 valence electrons. The molecule has 1 aromatic heterocycles. The second kappa shape index (κ2) is 12.3. The monoisotopic (exact) mass is 688 g/mol. The number of esters is 1. The predicted octanol–water partition coefficient (Wildman–Crippen LogP) is -1.42. The summed E-state index contributed by atoms with van der Waals surface area (Å²) in [6.07, 6.45) is -0.0878. The van der Waals surface area contributed by atoms with Crippen molar-refractivity contribution in [2.24, 2.45) is 5.16 Å². The molecule has 0 bridgehead atoms. The van der Waals surface area contributed by atoms with Crippen LogP contribution in [-0.2, 0) is 48.2 Å². The first kappa shape index (κ1) is 33.6. The summed E-state index contributed by atoms with van der Waals surface area (Å²) in [5.74, 6) is -4.65. The molecule has 4 atom stereocenters. The molecule has 45 heavy (non-hydrogen) atoms. The fourth-order valence-electron chi connectivity index (χ4n) is 5.11. The number of fused-ring (bicyclic) bond motifs is 2. The first-order valence-corrected chi connectivity index (χ1v) is 16.4. The van der Waals surface area contributed by atoms with Gasteiger partial charge in [0.05, 0.1) is 11.2 Å². The first-order valence-electron chi connectivity index (χ1n) is 12.9. The fourth-order valence-corrected chi connectivity index (χ4v) is 9.12. The summed E-state index contributed by atoms with van der Waals surface area (Å²) >= 11 is 2.35. The van der Waals surface area contributed by atoms with Crippen molar-refractivity contribution in [1.29, 1.82) is 0 Å². The van der Waals surface area contributed by atoms with Gasteiger partial charge in [-0.15, -0.1) is 23.1 Å². The summed E-state index contributed by atoms with van der Waals surface area (Å²) in [7, 11) is -2.31. The lowest BCUT2D eigenvalue weighted by Gasteiger charge is -2.49. The van der Waals surface area contributed by atoms with Gasteiger partial charge in [-0.2, -0.15) is 0 Å². The van der Waals surface area contributed by atoms with Gasteiger partial charge in [-0.25, -0.2) is 23.0 Å². The Bertz CT molecular complexity index is 1650. The number of carboxylic acids is 2. The Morgan fingerprint density at radius 3 is 2.40 bits per heavy atom. The first-order chi connectivity index (χ1) is 20.9. The highest BCUT2D eigenvalue weighted by molar-refractivity contribution is 8.00. The number of nitrogen functional groups attached to an aromatic ring is 1. The van der Waals surface area contributed by atoms with Gasteiger partial charge in [-0.1, -0.05) is 5.16 Å². The number of oxime groups is 1. The maximum Gasteiger partial charge on any atom is 0.352 e. The van der Waals surface area contributed by atoms with Gasteiger partial charge >= 0.3 is 17.9 Å². The molecule has 3 saturated heterocycles. The quantitative estimate of drug-likeness (QED) is 0.106. The van der Waals surface area contributed by atoms with Gasteiger partial charge in [0.15, 0.2) is 20.7 Å². The van der Waals surface area contributed by atoms with Gasteiger partial charge in [-0.05, 0) is 13.8 Å². The van der Waals surface area contributed by atoms with E-state index in [9.17, 15) is 42.3 Å². The van der Waals surface area contributed by atoms with Crippen LogP contribution in [0.25, 0.3) is 0 Å². The third-order valence-electron chi connectivity index (χ3n) is 7.36. The Balaban J connectivity index is 0.000000256. The summed E-state index contributed by atoms with van der Waals surface area (Å²) in [5, 5.41) is 24.9. The van der Waals surface area contributed by atoms with Crippen LogP contribution in [0.2, 0.25) is 0 Å². The number of sulfone groups is 1. The van der Waals surface area contributed by atoms with Crippen LogP contribution in [0.15, 0.2) is 21.8 Å². The molecule has 0 aliphatic carbocycles. The van der Waals surface area contributed by atoms with Crippen LogP contribution in [0.3, 0.4) is 0 Å². The number of ether oxygens (including phenoxy) is 1. The number of aliphatic carboxylic acids is 2. The maximum atomic E-state index is 12.7. The molecule has 3 amide bonds. The fraction of sp³-hybridized carbons (Fsp3) is 0.500. The summed E-state index contributed by atoms with van der Waals surface area (Å²) in [5.41, 5.74) is 5.67. The lowest BCUT2D eigenvalue weighted by atomic mass is 9.98. The van der Waals surface area contributed by atoms with Crippen molar-refractivity contribution in [3.8, 4) is 0 Å². The van der Waals surface area contributed by atoms with E-state index in [1.54, 1.807) is 0 Å². The van der Waals surface area contributed by atoms with Crippen molar-refractivity contribution in [1.82, 2.24) is 20.1 Å². The summed E-state index contributed by atoms with van der Waals surface area (Å²) in [6, 6.07) is -2.22. The van der Waals surface area contributed by atoms with E-state index in [-0.39, 0.29) is 41.0 Å². The third kappa shape index (κ3) is 5.81. The number of β-lactam (4-membered cyclic amide) rings is 2. The Hall–Kier alpha value is -4.24. The number of carbonyl (C=O) groups excluding carboxylic acids is 4. The topological polar surface area (TPSA) is 265 Å². The SMILES string of the molecule is CC1(C)[C@H](C(=O)O)N2C(=O)C[C@H]2S1(=O)=O.CO/N=C(\C(=O)N[C@@H]1C(=O)N2C(C(=O)O)=C(COC(C)=O)CS[C@H]12)c1csc(N)n1. The molecule has 1 aromatic rings. The summed E-state index contributed by atoms with van der Waals surface area (Å²) in [6.45, 7) is 3.68. The number of aromatic nitrogens is 1. The Labute approximate surface area is 263 Å². The van der Waals surface area contributed by atoms with E-state index in [0.29, 0.717) is 5.57 Å². The Morgan fingerprint density at radius 1 is 1.24 bits per heavy atom. The molecule has 0 spiro atoms. The van der Waals surface area contributed by atoms with Crippen LogP contribution in [0.4, 0.5) is 5.13 Å². The second-order valence-electron chi connectivity index (χ2n) is 10.4. The molecular weight excluding hydrogens is 660 g/mol. The number of carboxylic acid groups (broad SMARTS) is 2. The van der Waals surface area contributed by atoms with Crippen LogP contribution in [0.5, 0.6) is 0 Å². The predicted molar refractivity (Wildman–Crippen MR) is 156 cm³/mol. The van der Waals surface area contributed by atoms with Gasteiger partial charge in [0.1, 0.15) is 47.9 Å². The standard InChI is InChI=1S/C16H17N5O7S2.C8H11NO5S/c1-6(22)28-3-7-4-29-14-10(13(24)21(14)11(7)15(25)26)19-12(23)9(20-27-2)8-5-30-16(17)18-8;1-8(2)6(7(11)12)9-4(10)3-5(9)15(8,13)14/h5,10,14H,3-4H2,1-2H3,(H2,17,18)(H,19,23)(H,25,26);5-6H,3H2,1-2H3,(H,11,12)/b20-9-;/t10-,14-;5-,6+/m11/s1. The number of anilines is 1. The smallest absolute Gasteiger partial charge is 0.352 e. The number of hydrogen-bond donors (Lipinski definition) is 4. The van der Waals surface area contributed by atoms with Crippen LogP contribution in [0.1, 0.15) is 32.9 Å². The minimum Gasteiger partial charge on any atom is -0.480 e. The molecule has 0 aromatic carbocycles. The highest BCUT2D eigenvalue weighted by Crippen LogP contribution is 2.45. The maximum absolute atomic E-state index is 12.7. The molecular formula is C24H28N6O12S3. The van der Waals surface area contributed by atoms with Gasteiger partial charge in [-0.3, -0.25) is 24.1 Å². The van der Waals surface area contributed by atoms with Crippen molar-refractivity contribution < 1.29 is 57.0 Å². The highest BCUT2D eigenvalue weighted by Gasteiger charge is 2.67.